The molecule has 3 heterocycles. The van der Waals surface area contributed by atoms with E-state index in [1.165, 1.54) is 10.1 Å². The van der Waals surface area contributed by atoms with Gasteiger partial charge in [-0.15, -0.1) is 11.3 Å². The Kier molecular flexibility index (Phi) is 2.94. The zero-order valence-electron chi connectivity index (χ0n) is 10.00. The SMILES string of the molecule is CC(Nc1nccc2sccc12)c1cccnc1. The molecule has 18 heavy (non-hydrogen) atoms. The molecule has 0 amide bonds. The summed E-state index contributed by atoms with van der Waals surface area (Å²) in [6.45, 7) is 2.11. The lowest BCUT2D eigenvalue weighted by molar-refractivity contribution is 0.869. The van der Waals surface area contributed by atoms with Crippen molar-refractivity contribution >= 4 is 27.2 Å². The average Bonchev–Trinajstić information content (AvgIpc) is 2.89. The van der Waals surface area contributed by atoms with Crippen LogP contribution in [0.3, 0.4) is 0 Å². The number of nitrogens with one attached hydrogen (secondary N) is 1. The van der Waals surface area contributed by atoms with Crippen molar-refractivity contribution in [3.05, 3.63) is 53.8 Å². The third kappa shape index (κ3) is 2.07. The van der Waals surface area contributed by atoms with Gasteiger partial charge in [-0.2, -0.15) is 0 Å². The number of hydrogen-bond acceptors (Lipinski definition) is 4. The molecule has 1 N–H and O–H groups in total. The molecule has 0 spiro atoms. The maximum absolute atomic E-state index is 4.42. The van der Waals surface area contributed by atoms with Gasteiger partial charge in [0.25, 0.3) is 0 Å². The number of aromatic nitrogens is 2. The summed E-state index contributed by atoms with van der Waals surface area (Å²) in [5, 5.41) is 6.71. The molecular weight excluding hydrogens is 242 g/mol. The molecule has 0 aliphatic heterocycles. The molecule has 0 saturated carbocycles. The van der Waals surface area contributed by atoms with E-state index < -0.39 is 0 Å². The van der Waals surface area contributed by atoms with Crippen LogP contribution in [0.2, 0.25) is 0 Å². The van der Waals surface area contributed by atoms with Crippen molar-refractivity contribution in [2.75, 3.05) is 5.32 Å². The van der Waals surface area contributed by atoms with Crippen LogP contribution in [-0.2, 0) is 0 Å². The first-order valence-corrected chi connectivity index (χ1v) is 6.71. The van der Waals surface area contributed by atoms with E-state index in [0.717, 1.165) is 11.4 Å². The summed E-state index contributed by atoms with van der Waals surface area (Å²) in [5.74, 6) is 0.935. The molecule has 0 bridgehead atoms. The van der Waals surface area contributed by atoms with Gasteiger partial charge in [-0.1, -0.05) is 6.07 Å². The van der Waals surface area contributed by atoms with E-state index >= 15 is 0 Å². The normalized spacial score (nSPS) is 12.5. The molecule has 0 aromatic carbocycles. The fourth-order valence-electron chi connectivity index (χ4n) is 1.93. The highest BCUT2D eigenvalue weighted by atomic mass is 32.1. The van der Waals surface area contributed by atoms with Crippen molar-refractivity contribution in [3.63, 3.8) is 0 Å². The first-order valence-electron chi connectivity index (χ1n) is 5.83. The second kappa shape index (κ2) is 4.74. The van der Waals surface area contributed by atoms with E-state index in [1.807, 2.05) is 24.5 Å². The largest absolute Gasteiger partial charge is 0.363 e. The van der Waals surface area contributed by atoms with E-state index in [9.17, 15) is 0 Å². The molecule has 4 heteroatoms. The summed E-state index contributed by atoms with van der Waals surface area (Å²) in [7, 11) is 0. The molecule has 0 fully saturated rings. The van der Waals surface area contributed by atoms with Crippen molar-refractivity contribution in [2.24, 2.45) is 0 Å². The third-order valence-corrected chi connectivity index (χ3v) is 3.80. The van der Waals surface area contributed by atoms with Crippen molar-refractivity contribution in [2.45, 2.75) is 13.0 Å². The van der Waals surface area contributed by atoms with E-state index in [0.29, 0.717) is 0 Å². The van der Waals surface area contributed by atoms with Crippen molar-refractivity contribution in [1.29, 1.82) is 0 Å². The molecule has 0 aliphatic rings. The minimum atomic E-state index is 0.191. The molecule has 3 aromatic heterocycles. The molecule has 1 unspecified atom stereocenters. The highest BCUT2D eigenvalue weighted by Crippen LogP contribution is 2.28. The number of thiophene rings is 1. The van der Waals surface area contributed by atoms with E-state index in [-0.39, 0.29) is 6.04 Å². The van der Waals surface area contributed by atoms with Crippen LogP contribution in [0.15, 0.2) is 48.2 Å². The van der Waals surface area contributed by atoms with Crippen LogP contribution in [0.25, 0.3) is 10.1 Å². The van der Waals surface area contributed by atoms with Gasteiger partial charge in [-0.05, 0) is 36.1 Å². The second-order valence-corrected chi connectivity index (χ2v) is 5.09. The molecule has 0 radical (unpaired) electrons. The first kappa shape index (κ1) is 11.2. The van der Waals surface area contributed by atoms with Crippen molar-refractivity contribution in [1.82, 2.24) is 9.97 Å². The molecule has 3 aromatic rings. The predicted molar refractivity (Wildman–Crippen MR) is 75.9 cm³/mol. The Morgan fingerprint density at radius 1 is 1.22 bits per heavy atom. The Morgan fingerprint density at radius 3 is 3.00 bits per heavy atom. The highest BCUT2D eigenvalue weighted by molar-refractivity contribution is 7.17. The summed E-state index contributed by atoms with van der Waals surface area (Å²) in [6, 6.07) is 8.35. The summed E-state index contributed by atoms with van der Waals surface area (Å²) in [4.78, 5) is 8.56. The topological polar surface area (TPSA) is 37.8 Å². The van der Waals surface area contributed by atoms with Gasteiger partial charge in [0.1, 0.15) is 5.82 Å². The molecule has 1 atom stereocenters. The van der Waals surface area contributed by atoms with Gasteiger partial charge in [0, 0.05) is 28.7 Å². The second-order valence-electron chi connectivity index (χ2n) is 4.14. The van der Waals surface area contributed by atoms with Gasteiger partial charge in [0.2, 0.25) is 0 Å². The first-order chi connectivity index (χ1) is 8.84. The minimum absolute atomic E-state index is 0.191. The van der Waals surface area contributed by atoms with Crippen LogP contribution in [-0.4, -0.2) is 9.97 Å². The number of hydrogen-bond donors (Lipinski definition) is 1. The number of nitrogens with zero attached hydrogens (tertiary/aromatic N) is 2. The Morgan fingerprint density at radius 2 is 2.17 bits per heavy atom. The lowest BCUT2D eigenvalue weighted by atomic mass is 10.1. The Hall–Kier alpha value is -1.94. The Bertz CT molecular complexity index is 648. The lowest BCUT2D eigenvalue weighted by Crippen LogP contribution is -2.08. The summed E-state index contributed by atoms with van der Waals surface area (Å²) >= 11 is 1.73. The van der Waals surface area contributed by atoms with Crippen LogP contribution >= 0.6 is 11.3 Å². The predicted octanol–water partition coefficient (Wildman–Crippen LogP) is 3.86. The van der Waals surface area contributed by atoms with Gasteiger partial charge >= 0.3 is 0 Å². The maximum Gasteiger partial charge on any atom is 0.135 e. The number of fused-ring (bicyclic) bond motifs is 1. The van der Waals surface area contributed by atoms with Gasteiger partial charge in [-0.3, -0.25) is 4.98 Å². The van der Waals surface area contributed by atoms with Crippen LogP contribution in [0.1, 0.15) is 18.5 Å². The Balaban J connectivity index is 1.91. The molecule has 3 nitrogen and oxygen atoms in total. The van der Waals surface area contributed by atoms with Gasteiger partial charge in [-0.25, -0.2) is 4.98 Å². The third-order valence-electron chi connectivity index (χ3n) is 2.92. The summed E-state index contributed by atoms with van der Waals surface area (Å²) < 4.78 is 1.26. The van der Waals surface area contributed by atoms with Gasteiger partial charge in [0.15, 0.2) is 0 Å². The summed E-state index contributed by atoms with van der Waals surface area (Å²) in [5.41, 5.74) is 1.16. The quantitative estimate of drug-likeness (QED) is 0.772. The van der Waals surface area contributed by atoms with Gasteiger partial charge < -0.3 is 5.32 Å². The van der Waals surface area contributed by atoms with Crippen LogP contribution < -0.4 is 5.32 Å². The monoisotopic (exact) mass is 255 g/mol. The number of rotatable bonds is 3. The molecule has 90 valence electrons. The van der Waals surface area contributed by atoms with E-state index in [1.54, 1.807) is 17.5 Å². The van der Waals surface area contributed by atoms with E-state index in [4.69, 9.17) is 0 Å². The number of anilines is 1. The molecular formula is C14H13N3S. The zero-order valence-corrected chi connectivity index (χ0v) is 10.8. The van der Waals surface area contributed by atoms with Crippen LogP contribution in [0.4, 0.5) is 5.82 Å². The molecule has 0 saturated heterocycles. The Labute approximate surface area is 110 Å². The van der Waals surface area contributed by atoms with Crippen molar-refractivity contribution < 1.29 is 0 Å². The standard InChI is InChI=1S/C14H13N3S/c1-10(11-3-2-6-15-9-11)17-14-12-5-8-18-13(12)4-7-16-14/h2-10H,1H3,(H,16,17). The summed E-state index contributed by atoms with van der Waals surface area (Å²) in [6.07, 6.45) is 5.51. The van der Waals surface area contributed by atoms with Gasteiger partial charge in [0.05, 0.1) is 6.04 Å². The smallest absolute Gasteiger partial charge is 0.135 e. The highest BCUT2D eigenvalue weighted by Gasteiger charge is 2.08. The number of pyridine rings is 2. The molecule has 0 aliphatic carbocycles. The van der Waals surface area contributed by atoms with Crippen molar-refractivity contribution in [3.8, 4) is 0 Å². The van der Waals surface area contributed by atoms with Crippen LogP contribution in [0, 0.1) is 0 Å². The maximum atomic E-state index is 4.42. The zero-order chi connectivity index (χ0) is 12.4. The molecule has 3 rings (SSSR count). The van der Waals surface area contributed by atoms with Crippen LogP contribution in [0.5, 0.6) is 0 Å². The minimum Gasteiger partial charge on any atom is -0.363 e. The average molecular weight is 255 g/mol. The fourth-order valence-corrected chi connectivity index (χ4v) is 2.71. The fraction of sp³-hybridized carbons (Fsp3) is 0.143. The van der Waals surface area contributed by atoms with E-state index in [2.05, 4.69) is 39.7 Å². The lowest BCUT2D eigenvalue weighted by Gasteiger charge is -2.15.